The van der Waals surface area contributed by atoms with Gasteiger partial charge in [-0.1, -0.05) is 72.2 Å². The highest BCUT2D eigenvalue weighted by Gasteiger charge is 2.48. The normalized spacial score (nSPS) is 22.4. The van der Waals surface area contributed by atoms with Crippen molar-refractivity contribution in [2.75, 3.05) is 19.6 Å². The van der Waals surface area contributed by atoms with Crippen molar-refractivity contribution in [3.05, 3.63) is 35.4 Å². The van der Waals surface area contributed by atoms with Gasteiger partial charge < -0.3 is 31.1 Å². The number of rotatable bonds is 14. The summed E-state index contributed by atoms with van der Waals surface area (Å²) in [5.41, 5.74) is 1.89. The van der Waals surface area contributed by atoms with Crippen LogP contribution in [-0.4, -0.2) is 95.1 Å². The van der Waals surface area contributed by atoms with E-state index in [2.05, 4.69) is 21.3 Å². The zero-order chi connectivity index (χ0) is 37.7. The molecule has 2 saturated heterocycles. The predicted octanol–water partition coefficient (Wildman–Crippen LogP) is 3.50. The second-order valence-corrected chi connectivity index (χ2v) is 16.9. The van der Waals surface area contributed by atoms with Gasteiger partial charge in [-0.05, 0) is 85.7 Å². The van der Waals surface area contributed by atoms with E-state index in [-0.39, 0.29) is 47.1 Å². The van der Waals surface area contributed by atoms with Crippen LogP contribution < -0.4 is 21.3 Å². The first-order valence-corrected chi connectivity index (χ1v) is 19.5. The molecule has 52 heavy (non-hydrogen) atoms. The van der Waals surface area contributed by atoms with Crippen LogP contribution in [0.1, 0.15) is 104 Å². The highest BCUT2D eigenvalue weighted by atomic mass is 16.2. The topological polar surface area (TPSA) is 157 Å². The number of hydrogen-bond acceptors (Lipinski definition) is 6. The van der Waals surface area contributed by atoms with Crippen molar-refractivity contribution >= 4 is 35.4 Å². The molecular formula is C40H60N6O6. The Labute approximate surface area is 309 Å². The molecule has 6 amide bonds. The third kappa shape index (κ3) is 9.52. The Kier molecular flexibility index (Phi) is 12.7. The van der Waals surface area contributed by atoms with E-state index in [9.17, 15) is 28.8 Å². The van der Waals surface area contributed by atoms with E-state index in [0.717, 1.165) is 36.8 Å². The number of hydrogen-bond donors (Lipinski definition) is 4. The summed E-state index contributed by atoms with van der Waals surface area (Å²) in [4.78, 5) is 85.1. The molecule has 2 aliphatic carbocycles. The third-order valence-electron chi connectivity index (χ3n) is 11.5. The Bertz CT molecular complexity index is 1480. The lowest BCUT2D eigenvalue weighted by Gasteiger charge is -2.38. The van der Waals surface area contributed by atoms with E-state index in [1.165, 1.54) is 0 Å². The van der Waals surface area contributed by atoms with Crippen LogP contribution in [0.15, 0.2) is 24.3 Å². The number of likely N-dealkylation sites (tertiary alicyclic amines) is 2. The minimum absolute atomic E-state index is 0.0111. The number of ketones is 1. The van der Waals surface area contributed by atoms with Crippen molar-refractivity contribution in [1.29, 1.82) is 0 Å². The largest absolute Gasteiger partial charge is 0.347 e. The summed E-state index contributed by atoms with van der Waals surface area (Å²) in [7, 11) is 0. The van der Waals surface area contributed by atoms with Gasteiger partial charge in [0.25, 0.3) is 5.91 Å². The van der Waals surface area contributed by atoms with Gasteiger partial charge in [0.15, 0.2) is 0 Å². The van der Waals surface area contributed by atoms with Crippen LogP contribution in [0.4, 0.5) is 4.79 Å². The highest BCUT2D eigenvalue weighted by molar-refractivity contribution is 6.38. The Morgan fingerprint density at radius 2 is 1.58 bits per heavy atom. The number of benzene rings is 1. The van der Waals surface area contributed by atoms with E-state index >= 15 is 0 Å². The molecule has 12 heteroatoms. The Hall–Kier alpha value is -3.96. The maximum atomic E-state index is 14.8. The van der Waals surface area contributed by atoms with Crippen molar-refractivity contribution < 1.29 is 28.8 Å². The van der Waals surface area contributed by atoms with Gasteiger partial charge in [0, 0.05) is 32.1 Å². The summed E-state index contributed by atoms with van der Waals surface area (Å²) in [6.07, 6.45) is 6.66. The Balaban J connectivity index is 1.38. The molecule has 0 aromatic heterocycles. The average Bonchev–Trinajstić information content (AvgIpc) is 3.61. The molecule has 3 fully saturated rings. The number of carbonyl (C=O) groups excluding carboxylic acids is 6. The lowest BCUT2D eigenvalue weighted by molar-refractivity contribution is -0.144. The van der Waals surface area contributed by atoms with Crippen molar-refractivity contribution in [2.45, 2.75) is 136 Å². The van der Waals surface area contributed by atoms with E-state index in [0.29, 0.717) is 58.2 Å². The van der Waals surface area contributed by atoms with E-state index in [1.54, 1.807) is 4.90 Å². The van der Waals surface area contributed by atoms with Gasteiger partial charge in [-0.2, -0.15) is 0 Å². The van der Waals surface area contributed by atoms with Gasteiger partial charge in [-0.3, -0.25) is 24.0 Å². The van der Waals surface area contributed by atoms with Gasteiger partial charge >= 0.3 is 6.03 Å². The van der Waals surface area contributed by atoms with Crippen LogP contribution in [-0.2, 0) is 36.8 Å². The molecule has 2 aliphatic heterocycles. The molecule has 0 spiro atoms. The Morgan fingerprint density at radius 1 is 0.904 bits per heavy atom. The zero-order valence-corrected chi connectivity index (χ0v) is 32.0. The fourth-order valence-electron chi connectivity index (χ4n) is 8.10. The first kappa shape index (κ1) is 39.3. The van der Waals surface area contributed by atoms with E-state index in [1.807, 2.05) is 70.7 Å². The molecule has 0 radical (unpaired) electrons. The highest BCUT2D eigenvalue weighted by Crippen LogP contribution is 2.35. The van der Waals surface area contributed by atoms with Crippen LogP contribution in [0.25, 0.3) is 0 Å². The minimum Gasteiger partial charge on any atom is -0.347 e. The number of urea groups is 1. The van der Waals surface area contributed by atoms with E-state index in [4.69, 9.17) is 0 Å². The number of piperidine rings is 1. The quantitative estimate of drug-likeness (QED) is 0.216. The number of nitrogens with zero attached hydrogens (tertiary/aromatic N) is 2. The monoisotopic (exact) mass is 720 g/mol. The first-order chi connectivity index (χ1) is 24.7. The number of carbonyl (C=O) groups is 6. The summed E-state index contributed by atoms with van der Waals surface area (Å²) < 4.78 is 0. The molecule has 1 saturated carbocycles. The molecule has 4 N–H and O–H groups in total. The average molecular weight is 721 g/mol. The fraction of sp³-hybridized carbons (Fsp3) is 0.700. The van der Waals surface area contributed by atoms with Gasteiger partial charge in [0.2, 0.25) is 23.5 Å². The molecule has 0 bridgehead atoms. The lowest BCUT2D eigenvalue weighted by Crippen LogP contribution is -2.61. The smallest absolute Gasteiger partial charge is 0.315 e. The summed E-state index contributed by atoms with van der Waals surface area (Å²) >= 11 is 0. The van der Waals surface area contributed by atoms with Crippen LogP contribution >= 0.6 is 0 Å². The van der Waals surface area contributed by atoms with E-state index < -0.39 is 41.8 Å². The molecule has 5 atom stereocenters. The standard InChI is InChI=1S/C40H60N6O6/c1-7-12-30(35(48)37(50)41-28-16-17-28)42-36(49)34-29(24(2)3)18-20-46(34)38(51)33(27-21-25-13-8-9-14-26(25)22-27)44-39(52)43-31(40(4,5)6)23-45-19-11-10-15-32(45)47/h8-9,13-14,24,27-31,33-34H,7,10-12,15-23H2,1-6H3,(H,41,50)(H,42,49)(H2,43,44,52)/t29-,30?,31-,33+,34+/m1/s1. The summed E-state index contributed by atoms with van der Waals surface area (Å²) in [5, 5.41) is 11.8. The maximum absolute atomic E-state index is 14.8. The molecule has 1 aromatic rings. The van der Waals surface area contributed by atoms with Gasteiger partial charge in [0.1, 0.15) is 12.1 Å². The first-order valence-electron chi connectivity index (χ1n) is 19.5. The van der Waals surface area contributed by atoms with Gasteiger partial charge in [0.05, 0.1) is 12.1 Å². The predicted molar refractivity (Wildman–Crippen MR) is 198 cm³/mol. The van der Waals surface area contributed by atoms with Crippen molar-refractivity contribution in [3.63, 3.8) is 0 Å². The molecule has 2 heterocycles. The summed E-state index contributed by atoms with van der Waals surface area (Å²) in [5.74, 6) is -2.41. The molecule has 1 aromatic carbocycles. The number of Topliss-reactive ketones (excluding diaryl/α,β-unsaturated/α-hetero) is 1. The zero-order valence-electron chi connectivity index (χ0n) is 32.0. The molecule has 12 nitrogen and oxygen atoms in total. The second-order valence-electron chi connectivity index (χ2n) is 16.9. The van der Waals surface area contributed by atoms with Crippen molar-refractivity contribution in [2.24, 2.45) is 23.2 Å². The Morgan fingerprint density at radius 3 is 2.15 bits per heavy atom. The van der Waals surface area contributed by atoms with Crippen molar-refractivity contribution in [1.82, 2.24) is 31.1 Å². The van der Waals surface area contributed by atoms with Crippen LogP contribution in [0, 0.1) is 23.2 Å². The number of fused-ring (bicyclic) bond motifs is 1. The van der Waals surface area contributed by atoms with Gasteiger partial charge in [-0.15, -0.1) is 0 Å². The molecule has 5 rings (SSSR count). The fourth-order valence-corrected chi connectivity index (χ4v) is 8.10. The summed E-state index contributed by atoms with van der Waals surface area (Å²) in [6, 6.07) is 4.41. The van der Waals surface area contributed by atoms with Gasteiger partial charge in [-0.25, -0.2) is 4.79 Å². The minimum atomic E-state index is -0.994. The molecule has 286 valence electrons. The summed E-state index contributed by atoms with van der Waals surface area (Å²) in [6.45, 7) is 13.4. The van der Waals surface area contributed by atoms with Crippen LogP contribution in [0.3, 0.4) is 0 Å². The maximum Gasteiger partial charge on any atom is 0.315 e. The molecule has 4 aliphatic rings. The number of amides is 6. The van der Waals surface area contributed by atoms with Crippen molar-refractivity contribution in [3.8, 4) is 0 Å². The van der Waals surface area contributed by atoms with Crippen LogP contribution in [0.5, 0.6) is 0 Å². The number of nitrogens with one attached hydrogen (secondary N) is 4. The second kappa shape index (κ2) is 16.8. The SMILES string of the molecule is CCCC(NC(=O)[C@@H]1[C@@H](C(C)C)CCN1C(=O)[C@@H](NC(=O)N[C@H](CN1CCCCC1=O)C(C)(C)C)C1Cc2ccccc2C1)C(=O)C(=O)NC1CC1. The third-order valence-corrected chi connectivity index (χ3v) is 11.5. The molecule has 1 unspecified atom stereocenters. The molecular weight excluding hydrogens is 660 g/mol. The van der Waals surface area contributed by atoms with Crippen LogP contribution in [0.2, 0.25) is 0 Å². The lowest BCUT2D eigenvalue weighted by atomic mass is 9.86.